The number of aliphatic imine (C=N–C) groups is 1. The second-order valence-corrected chi connectivity index (χ2v) is 9.89. The summed E-state index contributed by atoms with van der Waals surface area (Å²) in [5, 5.41) is 0. The Morgan fingerprint density at radius 3 is 2.40 bits per heavy atom. The second-order valence-electron chi connectivity index (χ2n) is 9.89. The third-order valence-corrected chi connectivity index (χ3v) is 7.28. The van der Waals surface area contributed by atoms with Crippen LogP contribution in [-0.4, -0.2) is 76.9 Å². The number of carbonyl (C=O) groups excluding carboxylic acids is 1. The molecular formula is C31H34F4N4O4. The van der Waals surface area contributed by atoms with Crippen LogP contribution in [0.3, 0.4) is 0 Å². The van der Waals surface area contributed by atoms with Gasteiger partial charge in [-0.05, 0) is 42.0 Å². The lowest BCUT2D eigenvalue weighted by Crippen LogP contribution is -2.58. The SMILES string of the molecule is C=C(F)/C=C\C=C1/CN=C(N2CCN(c3cccc(OC)c3)CC2)N(c2cc(C(F)(F)F)ccc2OC)C1CC(=O)OC. The maximum atomic E-state index is 13.9. The van der Waals surface area contributed by atoms with Gasteiger partial charge in [-0.1, -0.05) is 24.8 Å². The number of halogens is 4. The summed E-state index contributed by atoms with van der Waals surface area (Å²) >= 11 is 0. The first-order valence-corrected chi connectivity index (χ1v) is 13.6. The highest BCUT2D eigenvalue weighted by molar-refractivity contribution is 6.00. The number of nitrogens with zero attached hydrogens (tertiary/aromatic N) is 4. The molecule has 1 atom stereocenters. The van der Waals surface area contributed by atoms with E-state index in [-0.39, 0.29) is 24.4 Å². The molecule has 0 radical (unpaired) electrons. The molecule has 0 aromatic heterocycles. The van der Waals surface area contributed by atoms with E-state index < -0.39 is 29.6 Å². The predicted molar refractivity (Wildman–Crippen MR) is 157 cm³/mol. The number of rotatable bonds is 8. The number of esters is 1. The van der Waals surface area contributed by atoms with Crippen molar-refractivity contribution in [3.63, 3.8) is 0 Å². The average molecular weight is 603 g/mol. The van der Waals surface area contributed by atoms with Crippen LogP contribution < -0.4 is 19.3 Å². The summed E-state index contributed by atoms with van der Waals surface area (Å²) in [4.78, 5) is 23.2. The van der Waals surface area contributed by atoms with E-state index in [1.54, 1.807) is 18.1 Å². The zero-order valence-electron chi connectivity index (χ0n) is 24.2. The Bertz CT molecular complexity index is 1410. The van der Waals surface area contributed by atoms with Gasteiger partial charge in [-0.15, -0.1) is 0 Å². The highest BCUT2D eigenvalue weighted by Gasteiger charge is 2.39. The molecule has 0 saturated carbocycles. The number of ether oxygens (including phenoxy) is 3. The first kappa shape index (κ1) is 31.5. The van der Waals surface area contributed by atoms with E-state index in [0.29, 0.717) is 37.7 Å². The number of benzene rings is 2. The van der Waals surface area contributed by atoms with Crippen molar-refractivity contribution in [2.45, 2.75) is 18.6 Å². The lowest BCUT2D eigenvalue weighted by molar-refractivity contribution is -0.141. The average Bonchev–Trinajstić information content (AvgIpc) is 3.00. The third kappa shape index (κ3) is 7.49. The van der Waals surface area contributed by atoms with Gasteiger partial charge in [0.2, 0.25) is 5.96 Å². The minimum absolute atomic E-state index is 0.0877. The fourth-order valence-electron chi connectivity index (χ4n) is 5.11. The molecular weight excluding hydrogens is 568 g/mol. The topological polar surface area (TPSA) is 66.8 Å². The first-order chi connectivity index (χ1) is 20.5. The van der Waals surface area contributed by atoms with Crippen LogP contribution in [0, 0.1) is 0 Å². The summed E-state index contributed by atoms with van der Waals surface area (Å²) < 4.78 is 70.9. The minimum atomic E-state index is -4.63. The predicted octanol–water partition coefficient (Wildman–Crippen LogP) is 5.62. The van der Waals surface area contributed by atoms with E-state index in [1.807, 2.05) is 29.2 Å². The summed E-state index contributed by atoms with van der Waals surface area (Å²) in [6.45, 7) is 5.55. The fourth-order valence-corrected chi connectivity index (χ4v) is 5.11. The number of anilines is 2. The molecule has 0 N–H and O–H groups in total. The van der Waals surface area contributed by atoms with E-state index >= 15 is 0 Å². The first-order valence-electron chi connectivity index (χ1n) is 13.6. The van der Waals surface area contributed by atoms with Gasteiger partial charge in [-0.3, -0.25) is 4.79 Å². The molecule has 1 saturated heterocycles. The maximum absolute atomic E-state index is 13.9. The van der Waals surface area contributed by atoms with Crippen LogP contribution in [0.1, 0.15) is 12.0 Å². The molecule has 0 bridgehead atoms. The molecule has 2 aromatic carbocycles. The lowest BCUT2D eigenvalue weighted by Gasteiger charge is -2.45. The van der Waals surface area contributed by atoms with Gasteiger partial charge >= 0.3 is 12.1 Å². The number of carbonyl (C=O) groups is 1. The zero-order valence-corrected chi connectivity index (χ0v) is 24.2. The molecule has 1 unspecified atom stereocenters. The van der Waals surface area contributed by atoms with Gasteiger partial charge in [-0.25, -0.2) is 9.38 Å². The summed E-state index contributed by atoms with van der Waals surface area (Å²) in [6, 6.07) is 10.1. The number of alkyl halides is 3. The number of piperazine rings is 1. The number of guanidine groups is 1. The molecule has 8 nitrogen and oxygen atoms in total. The van der Waals surface area contributed by atoms with Gasteiger partial charge < -0.3 is 28.9 Å². The monoisotopic (exact) mass is 602 g/mol. The Morgan fingerprint density at radius 1 is 1.05 bits per heavy atom. The molecule has 0 spiro atoms. The van der Waals surface area contributed by atoms with E-state index in [9.17, 15) is 22.4 Å². The van der Waals surface area contributed by atoms with Crippen LogP contribution in [0.4, 0.5) is 28.9 Å². The zero-order chi connectivity index (χ0) is 31.1. The van der Waals surface area contributed by atoms with Crippen LogP contribution >= 0.6 is 0 Å². The number of allylic oxidation sites excluding steroid dienone is 4. The van der Waals surface area contributed by atoms with Crippen LogP contribution in [0.25, 0.3) is 0 Å². The smallest absolute Gasteiger partial charge is 0.416 e. The van der Waals surface area contributed by atoms with Crippen molar-refractivity contribution >= 4 is 23.3 Å². The number of hydrogen-bond acceptors (Lipinski definition) is 8. The Labute approximate surface area is 248 Å². The van der Waals surface area contributed by atoms with Gasteiger partial charge in [0, 0.05) is 37.9 Å². The summed E-state index contributed by atoms with van der Waals surface area (Å²) in [7, 11) is 4.21. The van der Waals surface area contributed by atoms with Crippen LogP contribution in [0.5, 0.6) is 11.5 Å². The quantitative estimate of drug-likeness (QED) is 0.221. The van der Waals surface area contributed by atoms with Crippen molar-refractivity contribution in [3.8, 4) is 11.5 Å². The molecule has 2 heterocycles. The van der Waals surface area contributed by atoms with Gasteiger partial charge in [0.25, 0.3) is 0 Å². The van der Waals surface area contributed by atoms with Gasteiger partial charge in [0.05, 0.1) is 51.6 Å². The molecule has 230 valence electrons. The summed E-state index contributed by atoms with van der Waals surface area (Å²) in [6.07, 6.45) is -0.663. The maximum Gasteiger partial charge on any atom is 0.416 e. The highest BCUT2D eigenvalue weighted by Crippen LogP contribution is 2.40. The van der Waals surface area contributed by atoms with Crippen molar-refractivity contribution in [2.24, 2.45) is 4.99 Å². The molecule has 0 amide bonds. The van der Waals surface area contributed by atoms with Crippen molar-refractivity contribution < 1.29 is 36.6 Å². The Hall–Kier alpha value is -4.48. The summed E-state index contributed by atoms with van der Waals surface area (Å²) in [5.41, 5.74) is 0.758. The molecule has 2 aliphatic rings. The molecule has 4 rings (SSSR count). The van der Waals surface area contributed by atoms with Gasteiger partial charge in [0.15, 0.2) is 0 Å². The molecule has 2 aliphatic heterocycles. The van der Waals surface area contributed by atoms with E-state index in [0.717, 1.165) is 29.6 Å². The fraction of sp³-hybridized carbons (Fsp3) is 0.355. The standard InChI is InChI=1S/C31H34F4N4O4/c1-21(32)7-5-8-22-20-36-30(38-15-13-37(14-16-38)24-9-6-10-25(18-24)41-2)39(26(22)19-29(40)43-4)27-17-23(31(33,34)35)11-12-28(27)42-3/h5-12,17-18,26H,1,13-16,19-20H2,2-4H3/b7-5-,22-8+. The number of hydrogen-bond donors (Lipinski definition) is 0. The third-order valence-electron chi connectivity index (χ3n) is 7.28. The van der Waals surface area contributed by atoms with E-state index in [4.69, 9.17) is 19.2 Å². The Morgan fingerprint density at radius 2 is 1.77 bits per heavy atom. The molecule has 0 aliphatic carbocycles. The normalized spacial score (nSPS) is 18.6. The van der Waals surface area contributed by atoms with Crippen molar-refractivity contribution in [2.75, 3.05) is 63.9 Å². The number of methoxy groups -OCH3 is 3. The van der Waals surface area contributed by atoms with Crippen molar-refractivity contribution in [1.82, 2.24) is 4.90 Å². The van der Waals surface area contributed by atoms with Crippen LogP contribution in [0.2, 0.25) is 0 Å². The molecule has 43 heavy (non-hydrogen) atoms. The van der Waals surface area contributed by atoms with Gasteiger partial charge in [0.1, 0.15) is 17.3 Å². The lowest BCUT2D eigenvalue weighted by atomic mass is 9.98. The molecule has 12 heteroatoms. The van der Waals surface area contributed by atoms with Gasteiger partial charge in [-0.2, -0.15) is 13.2 Å². The summed E-state index contributed by atoms with van der Waals surface area (Å²) in [5.74, 6) is 0.0450. The Kier molecular flexibility index (Phi) is 9.99. The van der Waals surface area contributed by atoms with Crippen LogP contribution in [-0.2, 0) is 15.7 Å². The highest BCUT2D eigenvalue weighted by atomic mass is 19.4. The van der Waals surface area contributed by atoms with Crippen molar-refractivity contribution in [3.05, 3.63) is 84.2 Å². The van der Waals surface area contributed by atoms with E-state index in [1.165, 1.54) is 26.4 Å². The van der Waals surface area contributed by atoms with Crippen molar-refractivity contribution in [1.29, 1.82) is 0 Å². The molecule has 2 aromatic rings. The Balaban J connectivity index is 1.78. The molecule has 1 fully saturated rings. The second kappa shape index (κ2) is 13.7. The van der Waals surface area contributed by atoms with Crippen LogP contribution in [0.15, 0.2) is 83.7 Å². The largest absolute Gasteiger partial charge is 0.497 e. The van der Waals surface area contributed by atoms with E-state index in [2.05, 4.69) is 11.5 Å². The minimum Gasteiger partial charge on any atom is -0.497 e.